The van der Waals surface area contributed by atoms with Gasteiger partial charge in [-0.1, -0.05) is 38.5 Å². The van der Waals surface area contributed by atoms with E-state index in [9.17, 15) is 9.59 Å². The fraction of sp³-hybridized carbons (Fsp3) is 0.421. The van der Waals surface area contributed by atoms with E-state index < -0.39 is 6.04 Å². The van der Waals surface area contributed by atoms with Crippen molar-refractivity contribution >= 4 is 37.4 Å². The van der Waals surface area contributed by atoms with E-state index in [-0.39, 0.29) is 11.5 Å². The Balaban J connectivity index is 2.12. The maximum absolute atomic E-state index is 13.1. The Morgan fingerprint density at radius 3 is 2.80 bits per heavy atom. The van der Waals surface area contributed by atoms with Crippen molar-refractivity contribution in [3.05, 3.63) is 40.3 Å². The molecule has 6 heteroatoms. The lowest BCUT2D eigenvalue weighted by molar-refractivity contribution is -0.124. The van der Waals surface area contributed by atoms with E-state index in [4.69, 9.17) is 0 Å². The van der Waals surface area contributed by atoms with Crippen LogP contribution in [0.25, 0.3) is 20.2 Å². The zero-order valence-corrected chi connectivity index (χ0v) is 15.7. The van der Waals surface area contributed by atoms with Crippen LogP contribution in [0.2, 0.25) is 0 Å². The van der Waals surface area contributed by atoms with Gasteiger partial charge in [-0.25, -0.2) is 4.68 Å². The van der Waals surface area contributed by atoms with Gasteiger partial charge in [0.05, 0.1) is 15.8 Å². The molecule has 0 aliphatic heterocycles. The molecule has 1 aromatic carbocycles. The van der Waals surface area contributed by atoms with Crippen molar-refractivity contribution < 1.29 is 4.79 Å². The van der Waals surface area contributed by atoms with E-state index in [0.717, 1.165) is 33.3 Å². The Bertz CT molecular complexity index is 974. The van der Waals surface area contributed by atoms with Crippen molar-refractivity contribution in [1.82, 2.24) is 15.1 Å². The summed E-state index contributed by atoms with van der Waals surface area (Å²) >= 11 is 1.58. The van der Waals surface area contributed by atoms with Crippen LogP contribution >= 0.6 is 11.3 Å². The molecule has 0 fully saturated rings. The third-order valence-corrected chi connectivity index (χ3v) is 5.70. The molecule has 0 spiro atoms. The molecule has 0 radical (unpaired) electrons. The van der Waals surface area contributed by atoms with Crippen LogP contribution in [0, 0.1) is 6.92 Å². The highest BCUT2D eigenvalue weighted by molar-refractivity contribution is 7.26. The lowest BCUT2D eigenvalue weighted by Crippen LogP contribution is -2.39. The van der Waals surface area contributed by atoms with Crippen molar-refractivity contribution in [1.29, 1.82) is 0 Å². The molecular weight excluding hydrogens is 334 g/mol. The molecule has 0 aliphatic carbocycles. The first-order chi connectivity index (χ1) is 12.1. The summed E-state index contributed by atoms with van der Waals surface area (Å²) < 4.78 is 3.35. The number of amides is 1. The summed E-state index contributed by atoms with van der Waals surface area (Å²) in [6.45, 7) is 6.51. The predicted molar refractivity (Wildman–Crippen MR) is 103 cm³/mol. The van der Waals surface area contributed by atoms with E-state index in [1.54, 1.807) is 11.3 Å². The van der Waals surface area contributed by atoms with Crippen LogP contribution in [-0.2, 0) is 4.79 Å². The Labute approximate surface area is 150 Å². The van der Waals surface area contributed by atoms with Crippen molar-refractivity contribution in [2.24, 2.45) is 0 Å². The normalized spacial score (nSPS) is 12.6. The van der Waals surface area contributed by atoms with E-state index in [1.165, 1.54) is 4.68 Å². The number of nitrogens with one attached hydrogen (secondary N) is 1. The molecule has 5 nitrogen and oxygen atoms in total. The zero-order chi connectivity index (χ0) is 18.0. The second-order valence-corrected chi connectivity index (χ2v) is 7.26. The molecule has 1 atom stereocenters. The standard InChI is InChI=1S/C19H23N3O2S/c1-4-6-11-20-18(23)14(5-2)22-19(24)16-13-9-7-8-10-15(13)25-17(16)12(3)21-22/h7-10,14H,4-6,11H2,1-3H3,(H,20,23). The molecule has 1 amide bonds. The topological polar surface area (TPSA) is 64.0 Å². The minimum atomic E-state index is -0.578. The Morgan fingerprint density at radius 2 is 2.08 bits per heavy atom. The quantitative estimate of drug-likeness (QED) is 0.683. The third kappa shape index (κ3) is 3.18. The molecule has 3 aromatic rings. The lowest BCUT2D eigenvalue weighted by Gasteiger charge is -2.17. The van der Waals surface area contributed by atoms with Crippen LogP contribution in [0.1, 0.15) is 44.8 Å². The molecule has 0 aliphatic rings. The number of carbonyl (C=O) groups is 1. The molecule has 1 N–H and O–H groups in total. The molecule has 132 valence electrons. The summed E-state index contributed by atoms with van der Waals surface area (Å²) in [7, 11) is 0. The lowest BCUT2D eigenvalue weighted by atomic mass is 10.1. The molecule has 1 unspecified atom stereocenters. The Hall–Kier alpha value is -2.21. The maximum atomic E-state index is 13.1. The number of thiophene rings is 1. The highest BCUT2D eigenvalue weighted by Gasteiger charge is 2.23. The van der Waals surface area contributed by atoms with Crippen LogP contribution in [-0.4, -0.2) is 22.2 Å². The second kappa shape index (κ2) is 7.35. The third-order valence-electron chi connectivity index (χ3n) is 4.42. The highest BCUT2D eigenvalue weighted by Crippen LogP contribution is 2.33. The highest BCUT2D eigenvalue weighted by atomic mass is 32.1. The van der Waals surface area contributed by atoms with Gasteiger partial charge in [-0.3, -0.25) is 9.59 Å². The van der Waals surface area contributed by atoms with Crippen LogP contribution in [0.5, 0.6) is 0 Å². The summed E-state index contributed by atoms with van der Waals surface area (Å²) in [4.78, 5) is 25.7. The van der Waals surface area contributed by atoms with Gasteiger partial charge < -0.3 is 5.32 Å². The molecule has 0 saturated carbocycles. The van der Waals surface area contributed by atoms with Gasteiger partial charge in [0.2, 0.25) is 5.91 Å². The van der Waals surface area contributed by atoms with Gasteiger partial charge in [0.25, 0.3) is 5.56 Å². The number of fused-ring (bicyclic) bond motifs is 3. The number of rotatable bonds is 6. The first kappa shape index (κ1) is 17.6. The minimum absolute atomic E-state index is 0.135. The fourth-order valence-corrected chi connectivity index (χ4v) is 4.20. The van der Waals surface area contributed by atoms with E-state index in [0.29, 0.717) is 18.4 Å². The minimum Gasteiger partial charge on any atom is -0.354 e. The summed E-state index contributed by atoms with van der Waals surface area (Å²) in [5.41, 5.74) is 0.603. The summed E-state index contributed by atoms with van der Waals surface area (Å²) in [6.07, 6.45) is 2.47. The van der Waals surface area contributed by atoms with Gasteiger partial charge >= 0.3 is 0 Å². The van der Waals surface area contributed by atoms with Crippen molar-refractivity contribution in [3.8, 4) is 0 Å². The van der Waals surface area contributed by atoms with Crippen molar-refractivity contribution in [3.63, 3.8) is 0 Å². The molecule has 3 rings (SSSR count). The number of unbranched alkanes of at least 4 members (excludes halogenated alkanes) is 1. The van der Waals surface area contributed by atoms with E-state index in [1.807, 2.05) is 38.1 Å². The van der Waals surface area contributed by atoms with E-state index >= 15 is 0 Å². The van der Waals surface area contributed by atoms with Crippen LogP contribution in [0.15, 0.2) is 29.1 Å². The van der Waals surface area contributed by atoms with Gasteiger partial charge in [-0.2, -0.15) is 5.10 Å². The fourth-order valence-electron chi connectivity index (χ4n) is 3.07. The second-order valence-electron chi connectivity index (χ2n) is 6.21. The van der Waals surface area contributed by atoms with Gasteiger partial charge in [0.15, 0.2) is 0 Å². The molecule has 0 saturated heterocycles. The van der Waals surface area contributed by atoms with Crippen LogP contribution in [0.4, 0.5) is 0 Å². The Kier molecular flexibility index (Phi) is 5.18. The van der Waals surface area contributed by atoms with Crippen LogP contribution < -0.4 is 10.9 Å². The number of aryl methyl sites for hydroxylation is 1. The number of aromatic nitrogens is 2. The summed E-state index contributed by atoms with van der Waals surface area (Å²) in [5.74, 6) is -0.135. The summed E-state index contributed by atoms with van der Waals surface area (Å²) in [6, 6.07) is 7.29. The van der Waals surface area contributed by atoms with Crippen molar-refractivity contribution in [2.45, 2.75) is 46.1 Å². The molecule has 0 bridgehead atoms. The van der Waals surface area contributed by atoms with E-state index in [2.05, 4.69) is 17.3 Å². The Morgan fingerprint density at radius 1 is 1.32 bits per heavy atom. The van der Waals surface area contributed by atoms with Gasteiger partial charge in [0, 0.05) is 16.6 Å². The molecular formula is C19H23N3O2S. The zero-order valence-electron chi connectivity index (χ0n) is 14.8. The van der Waals surface area contributed by atoms with Gasteiger partial charge in [0.1, 0.15) is 6.04 Å². The number of carbonyl (C=O) groups excluding carboxylic acids is 1. The number of hydrogen-bond donors (Lipinski definition) is 1. The number of nitrogens with zero attached hydrogens (tertiary/aromatic N) is 2. The number of hydrogen-bond acceptors (Lipinski definition) is 4. The maximum Gasteiger partial charge on any atom is 0.276 e. The van der Waals surface area contributed by atoms with Gasteiger partial charge in [-0.15, -0.1) is 11.3 Å². The average molecular weight is 357 g/mol. The van der Waals surface area contributed by atoms with Crippen LogP contribution in [0.3, 0.4) is 0 Å². The SMILES string of the molecule is CCCCNC(=O)C(CC)n1nc(C)c2sc3ccccc3c2c1=O. The molecule has 2 heterocycles. The van der Waals surface area contributed by atoms with Crippen molar-refractivity contribution in [2.75, 3.05) is 6.54 Å². The number of benzene rings is 1. The first-order valence-corrected chi connectivity index (χ1v) is 9.58. The predicted octanol–water partition coefficient (Wildman–Crippen LogP) is 3.79. The molecule has 2 aromatic heterocycles. The first-order valence-electron chi connectivity index (χ1n) is 8.76. The average Bonchev–Trinajstić information content (AvgIpc) is 3.00. The summed E-state index contributed by atoms with van der Waals surface area (Å²) in [5, 5.41) is 9.01. The largest absolute Gasteiger partial charge is 0.354 e. The van der Waals surface area contributed by atoms with Gasteiger partial charge in [-0.05, 0) is 25.8 Å². The smallest absolute Gasteiger partial charge is 0.276 e. The monoisotopic (exact) mass is 357 g/mol. The molecule has 25 heavy (non-hydrogen) atoms.